The Kier molecular flexibility index (Phi) is 13.5. The molecule has 0 N–H and O–H groups in total. The summed E-state index contributed by atoms with van der Waals surface area (Å²) in [6.45, 7) is 3.62. The van der Waals surface area contributed by atoms with Crippen molar-refractivity contribution in [2.24, 2.45) is 0 Å². The van der Waals surface area contributed by atoms with E-state index in [1.54, 1.807) is 30.3 Å². The van der Waals surface area contributed by atoms with Gasteiger partial charge in [0.1, 0.15) is 42.7 Å². The van der Waals surface area contributed by atoms with E-state index >= 15 is 0 Å². The van der Waals surface area contributed by atoms with E-state index in [-0.39, 0.29) is 199 Å². The molecule has 5 aromatic rings. The fourth-order valence-electron chi connectivity index (χ4n) is 4.52. The molecule has 0 amide bonds. The molecule has 0 spiro atoms. The summed E-state index contributed by atoms with van der Waals surface area (Å²) in [5.41, 5.74) is 1.54. The zero-order valence-corrected chi connectivity index (χ0v) is 33.9. The smallest absolute Gasteiger partial charge is 0.744 e. The van der Waals surface area contributed by atoms with Gasteiger partial charge in [0.05, 0.1) is 14.7 Å². The number of benzene rings is 5. The SMILES string of the molecule is C=Cc1ccc(COc2cc(S(=O)(=O)[O-])c3ccc4c(S(=O)(=O)[O-])cc(S(=O)(=O)[O-])c5ccc2c3c54)cc1.[K+].[K+].[K+]. The number of ether oxygens (including phenoxy) is 1. The van der Waals surface area contributed by atoms with E-state index < -0.39 is 45.0 Å². The van der Waals surface area contributed by atoms with E-state index in [9.17, 15) is 38.9 Å². The predicted octanol–water partition coefficient (Wildman–Crippen LogP) is -5.47. The van der Waals surface area contributed by atoms with Gasteiger partial charge in [0.2, 0.25) is 0 Å². The molecule has 0 aliphatic rings. The first-order chi connectivity index (χ1) is 17.7. The Hall–Kier alpha value is 1.32. The average molecular weight is 689 g/mol. The second-order valence-electron chi connectivity index (χ2n) is 8.41. The zero-order valence-electron chi connectivity index (χ0n) is 22.1. The molecule has 16 heteroatoms. The second-order valence-corrected chi connectivity index (χ2v) is 12.5. The van der Waals surface area contributed by atoms with Crippen molar-refractivity contribution in [3.8, 4) is 5.75 Å². The minimum atomic E-state index is -5.28. The Morgan fingerprint density at radius 2 is 1.00 bits per heavy atom. The van der Waals surface area contributed by atoms with Crippen molar-refractivity contribution >= 4 is 68.7 Å². The molecule has 0 fully saturated rings. The molecule has 0 bridgehead atoms. The summed E-state index contributed by atoms with van der Waals surface area (Å²) in [6.07, 6.45) is 1.64. The van der Waals surface area contributed by atoms with Gasteiger partial charge in [0.15, 0.2) is 0 Å². The molecule has 10 nitrogen and oxygen atoms in total. The van der Waals surface area contributed by atoms with Crippen LogP contribution in [0.3, 0.4) is 0 Å². The van der Waals surface area contributed by atoms with Crippen LogP contribution in [0.2, 0.25) is 0 Å². The maximum atomic E-state index is 12.2. The Labute approximate surface area is 364 Å². The summed E-state index contributed by atoms with van der Waals surface area (Å²) in [7, 11) is -15.7. The van der Waals surface area contributed by atoms with Gasteiger partial charge in [0, 0.05) is 32.3 Å². The van der Waals surface area contributed by atoms with Gasteiger partial charge in [-0.25, -0.2) is 25.3 Å². The van der Waals surface area contributed by atoms with E-state index in [0.29, 0.717) is 11.6 Å². The van der Waals surface area contributed by atoms with Crippen LogP contribution < -0.4 is 159 Å². The largest absolute Gasteiger partial charge is 1.00 e. The third-order valence-electron chi connectivity index (χ3n) is 6.16. The standard InChI is InChI=1S/C25H18O10S3.3K/c1-2-14-3-5-15(6-4-14)13-35-20-11-21(36(26,27)28)17-9-10-19-23(38(32,33)34)12-22(37(29,30)31)18-8-7-16(20)24(17)25(18)19;;;/h2-12H,1,13H2,(H,26,27,28)(H,29,30,31)(H,32,33,34);;;/q;3*+1/p-3. The number of rotatable bonds is 7. The summed E-state index contributed by atoms with van der Waals surface area (Å²) in [5.74, 6) is -0.0731. The molecule has 0 saturated heterocycles. The number of hydrogen-bond donors (Lipinski definition) is 0. The van der Waals surface area contributed by atoms with Crippen molar-refractivity contribution < 1.29 is 198 Å². The predicted molar refractivity (Wildman–Crippen MR) is 135 cm³/mol. The molecule has 0 aromatic heterocycles. The second kappa shape index (κ2) is 14.4. The Morgan fingerprint density at radius 3 is 1.41 bits per heavy atom. The molecular weight excluding hydrogens is 674 g/mol. The fraction of sp³-hybridized carbons (Fsp3) is 0.0400. The molecule has 5 aromatic carbocycles. The van der Waals surface area contributed by atoms with Gasteiger partial charge in [-0.2, -0.15) is 0 Å². The van der Waals surface area contributed by atoms with Gasteiger partial charge in [-0.15, -0.1) is 0 Å². The summed E-state index contributed by atoms with van der Waals surface area (Å²) < 4.78 is 115. The van der Waals surface area contributed by atoms with Crippen LogP contribution in [0.1, 0.15) is 11.1 Å². The number of hydrogen-bond acceptors (Lipinski definition) is 10. The molecule has 0 radical (unpaired) electrons. The van der Waals surface area contributed by atoms with E-state index in [1.165, 1.54) is 12.1 Å². The van der Waals surface area contributed by atoms with Crippen molar-refractivity contribution in [1.29, 1.82) is 0 Å². The molecule has 0 aliphatic heterocycles. The maximum absolute atomic E-state index is 12.2. The molecule has 41 heavy (non-hydrogen) atoms. The maximum Gasteiger partial charge on any atom is 1.00 e. The van der Waals surface area contributed by atoms with E-state index in [0.717, 1.165) is 23.8 Å². The van der Waals surface area contributed by atoms with Crippen LogP contribution >= 0.6 is 0 Å². The average Bonchev–Trinajstić information content (AvgIpc) is 2.84. The molecule has 0 heterocycles. The van der Waals surface area contributed by atoms with Crippen LogP contribution in [-0.4, -0.2) is 38.9 Å². The van der Waals surface area contributed by atoms with Crippen molar-refractivity contribution in [1.82, 2.24) is 0 Å². The first-order valence-electron chi connectivity index (χ1n) is 10.7. The molecular formula is C25H15K3O10S3. The van der Waals surface area contributed by atoms with Crippen LogP contribution in [0.15, 0.2) is 81.9 Å². The normalized spacial score (nSPS) is 12.0. The van der Waals surface area contributed by atoms with Gasteiger partial charge in [-0.05, 0) is 29.3 Å². The van der Waals surface area contributed by atoms with Crippen LogP contribution in [0.5, 0.6) is 5.75 Å². The van der Waals surface area contributed by atoms with Gasteiger partial charge in [0.25, 0.3) is 0 Å². The Bertz CT molecular complexity index is 2060. The third kappa shape index (κ3) is 7.83. The third-order valence-corrected chi connectivity index (χ3v) is 8.79. The quantitative estimate of drug-likeness (QED) is 0.0910. The van der Waals surface area contributed by atoms with Crippen molar-refractivity contribution in [3.63, 3.8) is 0 Å². The van der Waals surface area contributed by atoms with E-state index in [2.05, 4.69) is 6.58 Å². The van der Waals surface area contributed by atoms with Gasteiger partial charge in [-0.1, -0.05) is 55.1 Å². The summed E-state index contributed by atoms with van der Waals surface area (Å²) in [6, 6.07) is 13.4. The first-order valence-corrected chi connectivity index (χ1v) is 14.9. The molecule has 0 unspecified atom stereocenters. The summed E-state index contributed by atoms with van der Waals surface area (Å²) in [4.78, 5) is -2.67. The molecule has 5 rings (SSSR count). The topological polar surface area (TPSA) is 181 Å². The van der Waals surface area contributed by atoms with Crippen molar-refractivity contribution in [2.75, 3.05) is 0 Å². The molecule has 0 atom stereocenters. The van der Waals surface area contributed by atoms with Gasteiger partial charge < -0.3 is 18.4 Å². The van der Waals surface area contributed by atoms with Crippen LogP contribution in [-0.2, 0) is 37.0 Å². The molecule has 0 saturated carbocycles. The first kappa shape index (κ1) is 38.5. The molecule has 196 valence electrons. The fourth-order valence-corrected chi connectivity index (χ4v) is 6.69. The van der Waals surface area contributed by atoms with Gasteiger partial charge in [-0.3, -0.25) is 0 Å². The zero-order chi connectivity index (χ0) is 27.6. The Morgan fingerprint density at radius 1 is 0.610 bits per heavy atom. The van der Waals surface area contributed by atoms with E-state index in [1.807, 2.05) is 0 Å². The summed E-state index contributed by atoms with van der Waals surface area (Å²) in [5, 5.41) is -0.687. The molecule has 0 aliphatic carbocycles. The van der Waals surface area contributed by atoms with Crippen LogP contribution in [0.4, 0.5) is 0 Å². The van der Waals surface area contributed by atoms with Crippen molar-refractivity contribution in [3.05, 3.63) is 78.4 Å². The minimum absolute atomic E-state index is 0. The minimum Gasteiger partial charge on any atom is -0.744 e. The monoisotopic (exact) mass is 688 g/mol. The van der Waals surface area contributed by atoms with Crippen LogP contribution in [0.25, 0.3) is 38.4 Å². The Balaban J connectivity index is 0.00000196. The van der Waals surface area contributed by atoms with Crippen LogP contribution in [0, 0.1) is 0 Å². The van der Waals surface area contributed by atoms with E-state index in [4.69, 9.17) is 4.74 Å². The summed E-state index contributed by atoms with van der Waals surface area (Å²) >= 11 is 0. The van der Waals surface area contributed by atoms with Crippen molar-refractivity contribution in [2.45, 2.75) is 21.3 Å². The van der Waals surface area contributed by atoms with Gasteiger partial charge >= 0.3 is 154 Å².